The van der Waals surface area contributed by atoms with Crippen molar-refractivity contribution < 1.29 is 4.74 Å². The molecule has 82 valence electrons. The first-order valence-corrected chi connectivity index (χ1v) is 6.10. The molecule has 0 aromatic heterocycles. The maximum atomic E-state index is 5.98. The Morgan fingerprint density at radius 1 is 1.40 bits per heavy atom. The fraction of sp³-hybridized carbons (Fsp3) is 0.500. The number of hydrogen-bond acceptors (Lipinski definition) is 2. The van der Waals surface area contributed by atoms with E-state index in [2.05, 4.69) is 47.2 Å². The Hall–Kier alpha value is -0.540. The minimum atomic E-state index is 0.331. The molecule has 0 radical (unpaired) electrons. The molecule has 1 aliphatic heterocycles. The van der Waals surface area contributed by atoms with Gasteiger partial charge in [-0.2, -0.15) is 0 Å². The molecule has 0 spiro atoms. The van der Waals surface area contributed by atoms with Crippen molar-refractivity contribution in [2.24, 2.45) is 0 Å². The third-order valence-corrected chi connectivity index (χ3v) is 3.57. The van der Waals surface area contributed by atoms with Gasteiger partial charge in [-0.3, -0.25) is 0 Å². The molecule has 0 aliphatic carbocycles. The van der Waals surface area contributed by atoms with Crippen LogP contribution in [0.5, 0.6) is 5.75 Å². The molecule has 0 saturated carbocycles. The Balaban J connectivity index is 2.19. The third kappa shape index (κ3) is 2.52. The number of halogens is 1. The van der Waals surface area contributed by atoms with Crippen LogP contribution in [0.1, 0.15) is 17.5 Å². The predicted molar refractivity (Wildman–Crippen MR) is 65.5 cm³/mol. The van der Waals surface area contributed by atoms with Gasteiger partial charge in [0.15, 0.2) is 0 Å². The first kappa shape index (κ1) is 11.0. The quantitative estimate of drug-likeness (QED) is 0.892. The largest absolute Gasteiger partial charge is 0.489 e. The second-order valence-corrected chi connectivity index (χ2v) is 4.96. The monoisotopic (exact) mass is 269 g/mol. The SMILES string of the molecule is Cc1cc(Br)c(C)c(OC2CCNC2)c1. The molecular formula is C12H16BrNO. The molecule has 0 amide bonds. The smallest absolute Gasteiger partial charge is 0.124 e. The molecule has 2 rings (SSSR count). The average Bonchev–Trinajstić information content (AvgIpc) is 2.66. The summed E-state index contributed by atoms with van der Waals surface area (Å²) in [5.74, 6) is 1.01. The molecule has 15 heavy (non-hydrogen) atoms. The summed E-state index contributed by atoms with van der Waals surface area (Å²) in [6.07, 6.45) is 1.43. The van der Waals surface area contributed by atoms with Gasteiger partial charge in [-0.05, 0) is 44.5 Å². The fourth-order valence-electron chi connectivity index (χ4n) is 1.81. The molecule has 1 fully saturated rings. The summed E-state index contributed by atoms with van der Waals surface area (Å²) in [5, 5.41) is 3.30. The van der Waals surface area contributed by atoms with Crippen LogP contribution in [0.3, 0.4) is 0 Å². The predicted octanol–water partition coefficient (Wildman–Crippen LogP) is 2.81. The zero-order valence-corrected chi connectivity index (χ0v) is 10.7. The maximum absolute atomic E-state index is 5.98. The van der Waals surface area contributed by atoms with Crippen LogP contribution < -0.4 is 10.1 Å². The van der Waals surface area contributed by atoms with Gasteiger partial charge >= 0.3 is 0 Å². The molecule has 1 aromatic carbocycles. The molecule has 1 saturated heterocycles. The molecule has 1 N–H and O–H groups in total. The van der Waals surface area contributed by atoms with E-state index in [0.717, 1.165) is 29.7 Å². The van der Waals surface area contributed by atoms with Crippen molar-refractivity contribution in [3.8, 4) is 5.75 Å². The Morgan fingerprint density at radius 2 is 2.20 bits per heavy atom. The summed E-state index contributed by atoms with van der Waals surface area (Å²) in [6.45, 7) is 6.20. The van der Waals surface area contributed by atoms with Gasteiger partial charge in [0.2, 0.25) is 0 Å². The molecule has 1 heterocycles. The highest BCUT2D eigenvalue weighted by atomic mass is 79.9. The summed E-state index contributed by atoms with van der Waals surface area (Å²) in [7, 11) is 0. The van der Waals surface area contributed by atoms with Gasteiger partial charge < -0.3 is 10.1 Å². The van der Waals surface area contributed by atoms with Gasteiger partial charge in [0.25, 0.3) is 0 Å². The molecule has 1 aliphatic rings. The summed E-state index contributed by atoms with van der Waals surface area (Å²) in [4.78, 5) is 0. The van der Waals surface area contributed by atoms with Crippen molar-refractivity contribution in [3.63, 3.8) is 0 Å². The van der Waals surface area contributed by atoms with Crippen molar-refractivity contribution in [3.05, 3.63) is 27.7 Å². The van der Waals surface area contributed by atoms with Crippen LogP contribution in [0, 0.1) is 13.8 Å². The molecule has 2 nitrogen and oxygen atoms in total. The third-order valence-electron chi connectivity index (χ3n) is 2.75. The van der Waals surface area contributed by atoms with E-state index in [4.69, 9.17) is 4.74 Å². The summed E-state index contributed by atoms with van der Waals surface area (Å²) in [6, 6.07) is 4.23. The van der Waals surface area contributed by atoms with Crippen LogP contribution in [0.2, 0.25) is 0 Å². The summed E-state index contributed by atoms with van der Waals surface area (Å²) < 4.78 is 7.10. The zero-order valence-electron chi connectivity index (χ0n) is 9.14. The minimum absolute atomic E-state index is 0.331. The standard InChI is InChI=1S/C12H16BrNO/c1-8-5-11(13)9(2)12(6-8)15-10-3-4-14-7-10/h5-6,10,14H,3-4,7H2,1-2H3. The van der Waals surface area contributed by atoms with Crippen molar-refractivity contribution in [2.45, 2.75) is 26.4 Å². The van der Waals surface area contributed by atoms with Gasteiger partial charge in [-0.1, -0.05) is 15.9 Å². The Kier molecular flexibility index (Phi) is 3.32. The Morgan fingerprint density at radius 3 is 2.87 bits per heavy atom. The van der Waals surface area contributed by atoms with Crippen LogP contribution in [0.15, 0.2) is 16.6 Å². The van der Waals surface area contributed by atoms with E-state index >= 15 is 0 Å². The molecule has 3 heteroatoms. The number of ether oxygens (including phenoxy) is 1. The van der Waals surface area contributed by atoms with Gasteiger partial charge in [0, 0.05) is 16.6 Å². The number of aryl methyl sites for hydroxylation is 1. The fourth-order valence-corrected chi connectivity index (χ4v) is 2.37. The molecular weight excluding hydrogens is 254 g/mol. The molecule has 0 bridgehead atoms. The van der Waals surface area contributed by atoms with Gasteiger partial charge in [-0.15, -0.1) is 0 Å². The minimum Gasteiger partial charge on any atom is -0.489 e. The molecule has 1 aromatic rings. The second-order valence-electron chi connectivity index (χ2n) is 4.10. The van der Waals surface area contributed by atoms with Crippen LogP contribution in [-0.2, 0) is 0 Å². The van der Waals surface area contributed by atoms with E-state index in [9.17, 15) is 0 Å². The van der Waals surface area contributed by atoms with E-state index in [1.165, 1.54) is 11.1 Å². The maximum Gasteiger partial charge on any atom is 0.124 e. The number of nitrogens with one attached hydrogen (secondary N) is 1. The topological polar surface area (TPSA) is 21.3 Å². The first-order chi connectivity index (χ1) is 7.16. The van der Waals surface area contributed by atoms with E-state index in [1.54, 1.807) is 0 Å². The lowest BCUT2D eigenvalue weighted by Crippen LogP contribution is -2.20. The molecule has 1 atom stereocenters. The lowest BCUT2D eigenvalue weighted by Gasteiger charge is -2.16. The number of rotatable bonds is 2. The summed E-state index contributed by atoms with van der Waals surface area (Å²) >= 11 is 3.55. The van der Waals surface area contributed by atoms with Gasteiger partial charge in [0.05, 0.1) is 0 Å². The van der Waals surface area contributed by atoms with Crippen molar-refractivity contribution >= 4 is 15.9 Å². The lowest BCUT2D eigenvalue weighted by atomic mass is 10.1. The van der Waals surface area contributed by atoms with E-state index < -0.39 is 0 Å². The highest BCUT2D eigenvalue weighted by molar-refractivity contribution is 9.10. The van der Waals surface area contributed by atoms with E-state index in [0.29, 0.717) is 6.10 Å². The van der Waals surface area contributed by atoms with E-state index in [1.807, 2.05) is 0 Å². The highest BCUT2D eigenvalue weighted by Gasteiger charge is 2.17. The van der Waals surface area contributed by atoms with Crippen LogP contribution in [0.4, 0.5) is 0 Å². The van der Waals surface area contributed by atoms with Gasteiger partial charge in [0.1, 0.15) is 11.9 Å². The molecule has 1 unspecified atom stereocenters. The van der Waals surface area contributed by atoms with Crippen LogP contribution in [0.25, 0.3) is 0 Å². The van der Waals surface area contributed by atoms with Crippen molar-refractivity contribution in [1.29, 1.82) is 0 Å². The van der Waals surface area contributed by atoms with Crippen LogP contribution in [-0.4, -0.2) is 19.2 Å². The number of benzene rings is 1. The van der Waals surface area contributed by atoms with Gasteiger partial charge in [-0.25, -0.2) is 0 Å². The Bertz CT molecular complexity index is 359. The average molecular weight is 270 g/mol. The van der Waals surface area contributed by atoms with Crippen LogP contribution >= 0.6 is 15.9 Å². The Labute approximate surface area is 99.1 Å². The summed E-state index contributed by atoms with van der Waals surface area (Å²) in [5.41, 5.74) is 2.42. The van der Waals surface area contributed by atoms with Crippen molar-refractivity contribution in [2.75, 3.05) is 13.1 Å². The van der Waals surface area contributed by atoms with Crippen molar-refractivity contribution in [1.82, 2.24) is 5.32 Å². The van der Waals surface area contributed by atoms with E-state index in [-0.39, 0.29) is 0 Å². The normalized spacial score (nSPS) is 20.6. The number of hydrogen-bond donors (Lipinski definition) is 1. The second kappa shape index (κ2) is 4.54. The zero-order chi connectivity index (χ0) is 10.8. The highest BCUT2D eigenvalue weighted by Crippen LogP contribution is 2.29. The first-order valence-electron chi connectivity index (χ1n) is 5.31. The lowest BCUT2D eigenvalue weighted by molar-refractivity contribution is 0.221.